The number of benzene rings is 2. The fourth-order valence-electron chi connectivity index (χ4n) is 2.96. The zero-order valence-electron chi connectivity index (χ0n) is 13.4. The fraction of sp³-hybridized carbons (Fsp3) is 0.368. The van der Waals surface area contributed by atoms with Gasteiger partial charge in [0.25, 0.3) is 0 Å². The number of rotatable bonds is 5. The number of ether oxygens (including phenoxy) is 2. The summed E-state index contributed by atoms with van der Waals surface area (Å²) in [6.07, 6.45) is 1.44. The molecule has 1 aliphatic heterocycles. The van der Waals surface area contributed by atoms with Gasteiger partial charge in [-0.2, -0.15) is 0 Å². The van der Waals surface area contributed by atoms with E-state index in [9.17, 15) is 5.11 Å². The molecule has 0 aromatic heterocycles. The predicted molar refractivity (Wildman–Crippen MR) is 89.9 cm³/mol. The Labute approximate surface area is 137 Å². The molecule has 1 aliphatic rings. The lowest BCUT2D eigenvalue weighted by atomic mass is 10.0. The van der Waals surface area contributed by atoms with Crippen LogP contribution < -0.4 is 14.8 Å². The summed E-state index contributed by atoms with van der Waals surface area (Å²) in [7, 11) is 1.63. The van der Waals surface area contributed by atoms with Crippen molar-refractivity contribution >= 4 is 0 Å². The molecule has 0 aliphatic carbocycles. The maximum atomic E-state index is 10.4. The van der Waals surface area contributed by atoms with Crippen molar-refractivity contribution in [2.75, 3.05) is 20.3 Å². The first-order chi connectivity index (χ1) is 11.3. The number of aliphatic hydroxyl groups excluding tert-OH is 1. The molecule has 1 heterocycles. The monoisotopic (exact) mass is 313 g/mol. The van der Waals surface area contributed by atoms with Gasteiger partial charge < -0.3 is 19.9 Å². The first-order valence-corrected chi connectivity index (χ1v) is 8.05. The summed E-state index contributed by atoms with van der Waals surface area (Å²) < 4.78 is 11.0. The van der Waals surface area contributed by atoms with Crippen LogP contribution in [0.25, 0.3) is 0 Å². The van der Waals surface area contributed by atoms with Gasteiger partial charge in [0.05, 0.1) is 19.8 Å². The maximum absolute atomic E-state index is 10.4. The summed E-state index contributed by atoms with van der Waals surface area (Å²) in [5.41, 5.74) is 2.03. The second-order valence-corrected chi connectivity index (χ2v) is 5.78. The highest BCUT2D eigenvalue weighted by molar-refractivity contribution is 5.36. The lowest BCUT2D eigenvalue weighted by Gasteiger charge is -2.21. The normalized spacial score (nSPS) is 18.4. The van der Waals surface area contributed by atoms with Crippen molar-refractivity contribution < 1.29 is 14.6 Å². The minimum atomic E-state index is -0.568. The van der Waals surface area contributed by atoms with Crippen molar-refractivity contribution in [2.24, 2.45) is 0 Å². The van der Waals surface area contributed by atoms with E-state index < -0.39 is 6.10 Å². The zero-order chi connectivity index (χ0) is 16.1. The van der Waals surface area contributed by atoms with Crippen LogP contribution in [0.15, 0.2) is 48.5 Å². The molecule has 0 amide bonds. The van der Waals surface area contributed by atoms with Gasteiger partial charge in [0.1, 0.15) is 11.5 Å². The lowest BCUT2D eigenvalue weighted by molar-refractivity contribution is 0.168. The fourth-order valence-corrected chi connectivity index (χ4v) is 2.96. The van der Waals surface area contributed by atoms with Crippen LogP contribution in [0.5, 0.6) is 11.5 Å². The van der Waals surface area contributed by atoms with Crippen molar-refractivity contribution in [3.63, 3.8) is 0 Å². The number of fused-ring (bicyclic) bond motifs is 1. The highest BCUT2D eigenvalue weighted by atomic mass is 16.5. The van der Waals surface area contributed by atoms with Gasteiger partial charge in [-0.1, -0.05) is 30.3 Å². The highest BCUT2D eigenvalue weighted by Gasteiger charge is 2.20. The third-order valence-corrected chi connectivity index (χ3v) is 4.23. The molecule has 0 bridgehead atoms. The Morgan fingerprint density at radius 3 is 3.00 bits per heavy atom. The summed E-state index contributed by atoms with van der Waals surface area (Å²) in [5.74, 6) is 1.70. The van der Waals surface area contributed by atoms with E-state index in [1.54, 1.807) is 7.11 Å². The van der Waals surface area contributed by atoms with Gasteiger partial charge in [-0.05, 0) is 36.6 Å². The minimum Gasteiger partial charge on any atom is -0.497 e. The van der Waals surface area contributed by atoms with E-state index in [0.29, 0.717) is 6.54 Å². The van der Waals surface area contributed by atoms with Crippen LogP contribution in [-0.2, 0) is 0 Å². The number of hydrogen-bond acceptors (Lipinski definition) is 4. The second kappa shape index (κ2) is 7.49. The van der Waals surface area contributed by atoms with E-state index >= 15 is 0 Å². The van der Waals surface area contributed by atoms with Crippen molar-refractivity contribution in [1.82, 2.24) is 5.32 Å². The van der Waals surface area contributed by atoms with Crippen LogP contribution in [0.3, 0.4) is 0 Å². The predicted octanol–water partition coefficient (Wildman–Crippen LogP) is 3.23. The standard InChI is InChI=1S/C19H23NO3/c1-22-15-7-4-6-14(12-15)18(21)13-20-17-9-5-11-23-19-10-3-2-8-16(17)19/h2-4,6-8,10,12,17-18,20-21H,5,9,11,13H2,1H3. The van der Waals surface area contributed by atoms with E-state index in [2.05, 4.69) is 11.4 Å². The number of hydrogen-bond donors (Lipinski definition) is 2. The van der Waals surface area contributed by atoms with Crippen LogP contribution in [0.2, 0.25) is 0 Å². The topological polar surface area (TPSA) is 50.7 Å². The molecule has 0 spiro atoms. The number of para-hydroxylation sites is 1. The Morgan fingerprint density at radius 1 is 1.26 bits per heavy atom. The Bertz CT molecular complexity index is 644. The molecule has 122 valence electrons. The highest BCUT2D eigenvalue weighted by Crippen LogP contribution is 2.31. The van der Waals surface area contributed by atoms with E-state index in [4.69, 9.17) is 9.47 Å². The van der Waals surface area contributed by atoms with Crippen LogP contribution in [0.4, 0.5) is 0 Å². The molecule has 23 heavy (non-hydrogen) atoms. The van der Waals surface area contributed by atoms with Gasteiger partial charge in [0, 0.05) is 18.2 Å². The molecule has 2 N–H and O–H groups in total. The van der Waals surface area contributed by atoms with Crippen LogP contribution in [0, 0.1) is 0 Å². The molecule has 0 radical (unpaired) electrons. The van der Waals surface area contributed by atoms with Gasteiger partial charge in [-0.3, -0.25) is 0 Å². The Balaban J connectivity index is 1.67. The minimum absolute atomic E-state index is 0.203. The number of nitrogens with one attached hydrogen (secondary N) is 1. The van der Waals surface area contributed by atoms with Crippen molar-refractivity contribution in [3.8, 4) is 11.5 Å². The van der Waals surface area contributed by atoms with Gasteiger partial charge in [-0.15, -0.1) is 0 Å². The maximum Gasteiger partial charge on any atom is 0.124 e. The molecule has 0 saturated heterocycles. The number of aliphatic hydroxyl groups is 1. The molecular weight excluding hydrogens is 290 g/mol. The molecule has 2 aromatic carbocycles. The van der Waals surface area contributed by atoms with E-state index in [1.165, 1.54) is 5.56 Å². The summed E-state index contributed by atoms with van der Waals surface area (Å²) >= 11 is 0. The van der Waals surface area contributed by atoms with Crippen molar-refractivity contribution in [2.45, 2.75) is 25.0 Å². The first kappa shape index (κ1) is 15.8. The molecule has 4 nitrogen and oxygen atoms in total. The van der Waals surface area contributed by atoms with Crippen LogP contribution in [-0.4, -0.2) is 25.4 Å². The van der Waals surface area contributed by atoms with E-state index in [-0.39, 0.29) is 6.04 Å². The zero-order valence-corrected chi connectivity index (χ0v) is 13.4. The Morgan fingerprint density at radius 2 is 2.13 bits per heavy atom. The summed E-state index contributed by atoms with van der Waals surface area (Å²) in [5, 5.41) is 13.9. The SMILES string of the molecule is COc1cccc(C(O)CNC2CCCOc3ccccc32)c1. The van der Waals surface area contributed by atoms with Crippen LogP contribution in [0.1, 0.15) is 36.1 Å². The average Bonchev–Trinajstić information content (AvgIpc) is 2.82. The van der Waals surface area contributed by atoms with Crippen molar-refractivity contribution in [1.29, 1.82) is 0 Å². The summed E-state index contributed by atoms with van der Waals surface area (Å²) in [6, 6.07) is 15.9. The Kier molecular flexibility index (Phi) is 5.16. The van der Waals surface area contributed by atoms with Crippen LogP contribution >= 0.6 is 0 Å². The van der Waals surface area contributed by atoms with Gasteiger partial charge >= 0.3 is 0 Å². The second-order valence-electron chi connectivity index (χ2n) is 5.78. The smallest absolute Gasteiger partial charge is 0.124 e. The molecule has 3 rings (SSSR count). The van der Waals surface area contributed by atoms with Gasteiger partial charge in [0.15, 0.2) is 0 Å². The van der Waals surface area contributed by atoms with Gasteiger partial charge in [-0.25, -0.2) is 0 Å². The molecular formula is C19H23NO3. The number of methoxy groups -OCH3 is 1. The summed E-state index contributed by atoms with van der Waals surface area (Å²) in [4.78, 5) is 0. The molecule has 0 fully saturated rings. The third kappa shape index (κ3) is 3.84. The average molecular weight is 313 g/mol. The molecule has 2 aromatic rings. The third-order valence-electron chi connectivity index (χ3n) is 4.23. The molecule has 4 heteroatoms. The molecule has 0 saturated carbocycles. The van der Waals surface area contributed by atoms with E-state index in [0.717, 1.165) is 36.5 Å². The molecule has 2 unspecified atom stereocenters. The Hall–Kier alpha value is -2.04. The lowest BCUT2D eigenvalue weighted by Crippen LogP contribution is -2.26. The van der Waals surface area contributed by atoms with Gasteiger partial charge in [0.2, 0.25) is 0 Å². The van der Waals surface area contributed by atoms with Crippen molar-refractivity contribution in [3.05, 3.63) is 59.7 Å². The quantitative estimate of drug-likeness (QED) is 0.890. The first-order valence-electron chi connectivity index (χ1n) is 8.05. The summed E-state index contributed by atoms with van der Waals surface area (Å²) in [6.45, 7) is 1.24. The van der Waals surface area contributed by atoms with E-state index in [1.807, 2.05) is 42.5 Å². The largest absolute Gasteiger partial charge is 0.497 e. The molecule has 2 atom stereocenters.